The van der Waals surface area contributed by atoms with Crippen molar-refractivity contribution in [3.63, 3.8) is 0 Å². The van der Waals surface area contributed by atoms with Gasteiger partial charge >= 0.3 is 0 Å². The number of nitrogens with two attached hydrogens (primary N) is 1. The summed E-state index contributed by atoms with van der Waals surface area (Å²) in [7, 11) is 0. The third kappa shape index (κ3) is 2.13. The molecule has 0 bridgehead atoms. The molecule has 0 unspecified atom stereocenters. The Hall–Kier alpha value is -1.55. The summed E-state index contributed by atoms with van der Waals surface area (Å²) in [6.07, 6.45) is 0. The van der Waals surface area contributed by atoms with E-state index in [4.69, 9.17) is 21.9 Å². The van der Waals surface area contributed by atoms with Gasteiger partial charge in [0.05, 0.1) is 0 Å². The van der Waals surface area contributed by atoms with Crippen LogP contribution in [-0.2, 0) is 0 Å². The summed E-state index contributed by atoms with van der Waals surface area (Å²) in [4.78, 5) is 0. The molecule has 0 radical (unpaired) electrons. The molecule has 1 heterocycles. The maximum atomic E-state index is 13.8. The summed E-state index contributed by atoms with van der Waals surface area (Å²) in [6.45, 7) is 3.89. The summed E-state index contributed by atoms with van der Waals surface area (Å²) >= 11 is 5.70. The zero-order valence-corrected chi connectivity index (χ0v) is 10.3. The smallest absolute Gasteiger partial charge is 0.226 e. The maximum absolute atomic E-state index is 13.8. The Kier molecular flexibility index (Phi) is 3.07. The van der Waals surface area contributed by atoms with Crippen LogP contribution in [0.4, 0.5) is 10.3 Å². The largest absolute Gasteiger partial charge is 0.367 e. The van der Waals surface area contributed by atoms with Gasteiger partial charge in [0.2, 0.25) is 5.88 Å². The molecule has 2 N–H and O–H groups in total. The Morgan fingerprint density at radius 3 is 2.71 bits per heavy atom. The zero-order valence-electron chi connectivity index (χ0n) is 9.50. The fraction of sp³-hybridized carbons (Fsp3) is 0.250. The number of aromatic nitrogens is 1. The molecule has 0 aliphatic carbocycles. The molecule has 0 amide bonds. The molecule has 0 saturated heterocycles. The Morgan fingerprint density at radius 1 is 1.41 bits per heavy atom. The molecule has 3 nitrogen and oxygen atoms in total. The van der Waals surface area contributed by atoms with Crippen LogP contribution in [0.3, 0.4) is 0 Å². The molecule has 0 saturated carbocycles. The lowest BCUT2D eigenvalue weighted by atomic mass is 9.98. The van der Waals surface area contributed by atoms with Crippen molar-refractivity contribution < 1.29 is 8.91 Å². The summed E-state index contributed by atoms with van der Waals surface area (Å²) in [5.74, 6) is -0.108. The lowest BCUT2D eigenvalue weighted by Gasteiger charge is -2.06. The number of nitrogen functional groups attached to an aromatic ring is 1. The monoisotopic (exact) mass is 254 g/mol. The minimum atomic E-state index is -0.437. The predicted octanol–water partition coefficient (Wildman–Crippen LogP) is 3.84. The fourth-order valence-electron chi connectivity index (χ4n) is 1.74. The van der Waals surface area contributed by atoms with Crippen molar-refractivity contribution in [3.8, 4) is 11.3 Å². The van der Waals surface area contributed by atoms with Crippen molar-refractivity contribution in [2.75, 3.05) is 5.73 Å². The topological polar surface area (TPSA) is 52.0 Å². The summed E-state index contributed by atoms with van der Waals surface area (Å²) in [6, 6.07) is 4.42. The van der Waals surface area contributed by atoms with Crippen molar-refractivity contribution >= 4 is 17.5 Å². The summed E-state index contributed by atoms with van der Waals surface area (Å²) in [5, 5.41) is 4.16. The number of hydrogen-bond donors (Lipinski definition) is 1. The maximum Gasteiger partial charge on any atom is 0.226 e. The van der Waals surface area contributed by atoms with Crippen molar-refractivity contribution in [2.45, 2.75) is 19.8 Å². The van der Waals surface area contributed by atoms with Crippen molar-refractivity contribution in [3.05, 3.63) is 34.6 Å². The van der Waals surface area contributed by atoms with Crippen molar-refractivity contribution in [1.29, 1.82) is 0 Å². The highest BCUT2D eigenvalue weighted by atomic mass is 35.5. The first-order valence-corrected chi connectivity index (χ1v) is 5.59. The standard InChI is InChI=1S/C12H12ClFN2O/c1-6(2)10-11(16-17-12(10)15)8-4-3-7(13)5-9(8)14/h3-6H,15H2,1-2H3. The van der Waals surface area contributed by atoms with Gasteiger partial charge in [0.15, 0.2) is 0 Å². The van der Waals surface area contributed by atoms with Crippen LogP contribution in [0, 0.1) is 5.82 Å². The molecule has 5 heteroatoms. The first-order chi connectivity index (χ1) is 8.00. The molecule has 90 valence electrons. The van der Waals surface area contributed by atoms with Crippen LogP contribution in [0.15, 0.2) is 22.7 Å². The molecule has 0 atom stereocenters. The zero-order chi connectivity index (χ0) is 12.6. The van der Waals surface area contributed by atoms with E-state index in [0.717, 1.165) is 0 Å². The van der Waals surface area contributed by atoms with Gasteiger partial charge in [-0.05, 0) is 24.1 Å². The third-order valence-corrected chi connectivity index (χ3v) is 2.75. The van der Waals surface area contributed by atoms with Crippen LogP contribution in [-0.4, -0.2) is 5.16 Å². The highest BCUT2D eigenvalue weighted by Crippen LogP contribution is 2.34. The third-order valence-electron chi connectivity index (χ3n) is 2.52. The Labute approximate surface area is 103 Å². The molecule has 0 aliphatic heterocycles. The second-order valence-electron chi connectivity index (χ2n) is 4.09. The van der Waals surface area contributed by atoms with Crippen LogP contribution in [0.25, 0.3) is 11.3 Å². The minimum Gasteiger partial charge on any atom is -0.367 e. The van der Waals surface area contributed by atoms with Gasteiger partial charge in [-0.15, -0.1) is 0 Å². The number of hydrogen-bond acceptors (Lipinski definition) is 3. The molecular formula is C12H12ClFN2O. The van der Waals surface area contributed by atoms with E-state index in [0.29, 0.717) is 21.8 Å². The Morgan fingerprint density at radius 2 is 2.12 bits per heavy atom. The van der Waals surface area contributed by atoms with Crippen molar-refractivity contribution in [2.24, 2.45) is 0 Å². The molecule has 1 aromatic heterocycles. The summed E-state index contributed by atoms with van der Waals surface area (Å²) in [5.41, 5.74) is 7.18. The van der Waals surface area contributed by atoms with Gasteiger partial charge in [-0.2, -0.15) is 0 Å². The first kappa shape index (κ1) is 11.9. The normalized spacial score (nSPS) is 11.1. The molecule has 2 aromatic rings. The lowest BCUT2D eigenvalue weighted by Crippen LogP contribution is -1.95. The Bertz CT molecular complexity index is 551. The van der Waals surface area contributed by atoms with Gasteiger partial charge in [0.1, 0.15) is 11.5 Å². The molecule has 0 fully saturated rings. The van der Waals surface area contributed by atoms with Crippen molar-refractivity contribution in [1.82, 2.24) is 5.16 Å². The molecular weight excluding hydrogens is 243 g/mol. The lowest BCUT2D eigenvalue weighted by molar-refractivity contribution is 0.437. The summed E-state index contributed by atoms with van der Waals surface area (Å²) < 4.78 is 18.7. The van der Waals surface area contributed by atoms with Gasteiger partial charge in [0, 0.05) is 16.1 Å². The molecule has 17 heavy (non-hydrogen) atoms. The van der Waals surface area contributed by atoms with Gasteiger partial charge in [-0.25, -0.2) is 4.39 Å². The van der Waals surface area contributed by atoms with E-state index in [1.165, 1.54) is 6.07 Å². The number of benzene rings is 1. The van der Waals surface area contributed by atoms with Crippen LogP contribution < -0.4 is 5.73 Å². The van der Waals surface area contributed by atoms with Gasteiger partial charge < -0.3 is 10.3 Å². The average Bonchev–Trinajstić information content (AvgIpc) is 2.60. The quantitative estimate of drug-likeness (QED) is 0.886. The van der Waals surface area contributed by atoms with Gasteiger partial charge in [-0.1, -0.05) is 30.6 Å². The van der Waals surface area contributed by atoms with Crippen LogP contribution in [0.5, 0.6) is 0 Å². The van der Waals surface area contributed by atoms with E-state index >= 15 is 0 Å². The van der Waals surface area contributed by atoms with Gasteiger partial charge in [0.25, 0.3) is 0 Å². The minimum absolute atomic E-state index is 0.103. The van der Waals surface area contributed by atoms with Crippen LogP contribution >= 0.6 is 11.6 Å². The molecule has 1 aromatic carbocycles. The molecule has 0 aliphatic rings. The highest BCUT2D eigenvalue weighted by Gasteiger charge is 2.20. The highest BCUT2D eigenvalue weighted by molar-refractivity contribution is 6.30. The molecule has 2 rings (SSSR count). The fourth-order valence-corrected chi connectivity index (χ4v) is 1.90. The van der Waals surface area contributed by atoms with E-state index in [9.17, 15) is 4.39 Å². The van der Waals surface area contributed by atoms with E-state index in [1.54, 1.807) is 12.1 Å². The van der Waals surface area contributed by atoms with E-state index < -0.39 is 5.82 Å². The first-order valence-electron chi connectivity index (χ1n) is 5.21. The number of anilines is 1. The SMILES string of the molecule is CC(C)c1c(-c2ccc(Cl)cc2F)noc1N. The Balaban J connectivity index is 2.61. The van der Waals surface area contributed by atoms with Gasteiger partial charge in [-0.3, -0.25) is 0 Å². The number of halogens is 2. The number of nitrogens with zero attached hydrogens (tertiary/aromatic N) is 1. The molecule has 0 spiro atoms. The average molecular weight is 255 g/mol. The second kappa shape index (κ2) is 4.37. The van der Waals surface area contributed by atoms with Crippen LogP contribution in [0.1, 0.15) is 25.3 Å². The predicted molar refractivity (Wildman–Crippen MR) is 65.4 cm³/mol. The van der Waals surface area contributed by atoms with E-state index in [1.807, 2.05) is 13.8 Å². The van der Waals surface area contributed by atoms with Crippen LogP contribution in [0.2, 0.25) is 5.02 Å². The van der Waals surface area contributed by atoms with E-state index in [2.05, 4.69) is 5.16 Å². The second-order valence-corrected chi connectivity index (χ2v) is 4.52. The van der Waals surface area contributed by atoms with E-state index in [-0.39, 0.29) is 11.8 Å². The number of rotatable bonds is 2.